The number of allylic oxidation sites excluding steroid dienone is 14. The molecule has 1 aliphatic rings. The van der Waals surface area contributed by atoms with Crippen LogP contribution in [0.1, 0.15) is 239 Å². The Morgan fingerprint density at radius 2 is 0.840 bits per heavy atom. The number of esters is 3. The summed E-state index contributed by atoms with van der Waals surface area (Å²) in [5, 5.41) is 31.4. The summed E-state index contributed by atoms with van der Waals surface area (Å²) in [6.45, 7) is 5.79. The standard InChI is InChI=1S/C63H104O12/c1-4-7-10-13-16-19-22-25-26-27-28-29-30-33-34-37-40-43-46-49-55(64)71-52-54(73-56(65)50-47-44-41-38-35-31-23-20-17-14-11-8-5-2)53-72-63-61(59(68)58(67)60(75-63)62(69)70)74-57(66)51-48-45-42-39-36-32-24-21-18-15-12-9-6-3/h8,11,16-17,19-21,24-26,28-29,31,35,54,58-61,63,67-68H,4-7,9-10,12-15,18,22-23,27,30,32-34,36-53H2,1-3H3,(H,69,70)/b11-8-,19-16-,20-17-,24-21-,26-25-,29-28-,35-31-. The highest BCUT2D eigenvalue weighted by Gasteiger charge is 2.50. The van der Waals surface area contributed by atoms with Crippen molar-refractivity contribution in [3.8, 4) is 0 Å². The highest BCUT2D eigenvalue weighted by Crippen LogP contribution is 2.26. The highest BCUT2D eigenvalue weighted by atomic mass is 16.7. The quantitative estimate of drug-likeness (QED) is 0.0228. The van der Waals surface area contributed by atoms with E-state index < -0.39 is 67.3 Å². The minimum absolute atomic E-state index is 0.0426. The van der Waals surface area contributed by atoms with Crippen molar-refractivity contribution in [2.45, 2.75) is 276 Å². The summed E-state index contributed by atoms with van der Waals surface area (Å²) in [6.07, 6.45) is 52.7. The van der Waals surface area contributed by atoms with E-state index in [4.69, 9.17) is 23.7 Å². The van der Waals surface area contributed by atoms with Gasteiger partial charge in [-0.3, -0.25) is 14.4 Å². The van der Waals surface area contributed by atoms with Crippen molar-refractivity contribution >= 4 is 23.9 Å². The topological polar surface area (TPSA) is 175 Å². The maximum atomic E-state index is 13.1. The van der Waals surface area contributed by atoms with Gasteiger partial charge in [-0.05, 0) is 116 Å². The maximum Gasteiger partial charge on any atom is 0.335 e. The molecule has 0 bridgehead atoms. The molecule has 1 aliphatic heterocycles. The van der Waals surface area contributed by atoms with E-state index in [1.54, 1.807) is 0 Å². The Kier molecular flexibility index (Phi) is 46.6. The molecular weight excluding hydrogens is 949 g/mol. The lowest BCUT2D eigenvalue weighted by molar-refractivity contribution is -0.301. The summed E-state index contributed by atoms with van der Waals surface area (Å²) >= 11 is 0. The third-order valence-electron chi connectivity index (χ3n) is 12.9. The lowest BCUT2D eigenvalue weighted by Gasteiger charge is -2.40. The number of aliphatic hydroxyl groups excluding tert-OH is 2. The van der Waals surface area contributed by atoms with E-state index in [1.807, 2.05) is 0 Å². The average molecular weight is 1050 g/mol. The number of rotatable bonds is 49. The lowest BCUT2D eigenvalue weighted by Crippen LogP contribution is -2.61. The smallest absolute Gasteiger partial charge is 0.335 e. The summed E-state index contributed by atoms with van der Waals surface area (Å²) in [4.78, 5) is 51.1. The van der Waals surface area contributed by atoms with Gasteiger partial charge in [-0.15, -0.1) is 0 Å². The van der Waals surface area contributed by atoms with E-state index in [9.17, 15) is 34.5 Å². The molecule has 0 radical (unpaired) electrons. The van der Waals surface area contributed by atoms with Crippen LogP contribution in [0.15, 0.2) is 85.1 Å². The molecule has 1 rings (SSSR count). The zero-order valence-electron chi connectivity index (χ0n) is 47.0. The summed E-state index contributed by atoms with van der Waals surface area (Å²) in [7, 11) is 0. The second-order valence-corrected chi connectivity index (χ2v) is 19.9. The fraction of sp³-hybridized carbons (Fsp3) is 0.714. The van der Waals surface area contributed by atoms with Crippen molar-refractivity contribution in [3.05, 3.63) is 85.1 Å². The SMILES string of the molecule is CC/C=C\C/C=C\C/C=C\CCCCCC(=O)OC(COC(=O)CCCCCCCC/C=C\C/C=C\C/C=C\CCCCC)COC1OC(C(=O)O)C(O)C(O)C1OC(=O)CCCCCCC/C=C\CCCCCC. The molecule has 6 unspecified atom stereocenters. The summed E-state index contributed by atoms with van der Waals surface area (Å²) < 4.78 is 28.4. The van der Waals surface area contributed by atoms with Gasteiger partial charge in [0.1, 0.15) is 18.8 Å². The molecule has 0 amide bonds. The fourth-order valence-electron chi connectivity index (χ4n) is 8.38. The van der Waals surface area contributed by atoms with Crippen LogP contribution in [-0.4, -0.2) is 89.2 Å². The largest absolute Gasteiger partial charge is 0.479 e. The van der Waals surface area contributed by atoms with Gasteiger partial charge in [-0.2, -0.15) is 0 Å². The molecule has 12 heteroatoms. The Balaban J connectivity index is 2.71. The fourth-order valence-corrected chi connectivity index (χ4v) is 8.38. The van der Waals surface area contributed by atoms with Crippen LogP contribution in [-0.2, 0) is 42.9 Å². The Hall–Kier alpha value is -4.10. The molecule has 0 aromatic carbocycles. The second-order valence-electron chi connectivity index (χ2n) is 19.9. The van der Waals surface area contributed by atoms with E-state index in [-0.39, 0.29) is 25.9 Å². The van der Waals surface area contributed by atoms with Crippen molar-refractivity contribution in [3.63, 3.8) is 0 Å². The molecule has 0 spiro atoms. The van der Waals surface area contributed by atoms with Crippen LogP contribution in [0.5, 0.6) is 0 Å². The third-order valence-corrected chi connectivity index (χ3v) is 12.9. The molecule has 1 saturated heterocycles. The Morgan fingerprint density at radius 3 is 1.33 bits per heavy atom. The van der Waals surface area contributed by atoms with Crippen molar-refractivity contribution < 1.29 is 58.2 Å². The molecule has 1 fully saturated rings. The molecule has 12 nitrogen and oxygen atoms in total. The van der Waals surface area contributed by atoms with Gasteiger partial charge in [0.25, 0.3) is 0 Å². The van der Waals surface area contributed by atoms with Crippen LogP contribution >= 0.6 is 0 Å². The van der Waals surface area contributed by atoms with E-state index in [0.717, 1.165) is 128 Å². The molecule has 6 atom stereocenters. The van der Waals surface area contributed by atoms with Crippen molar-refractivity contribution in [2.24, 2.45) is 0 Å². The van der Waals surface area contributed by atoms with E-state index in [1.165, 1.54) is 51.4 Å². The number of aliphatic hydroxyl groups is 2. The van der Waals surface area contributed by atoms with Crippen molar-refractivity contribution in [1.82, 2.24) is 0 Å². The second kappa shape index (κ2) is 50.7. The first kappa shape index (κ1) is 68.9. The van der Waals surface area contributed by atoms with Crippen molar-refractivity contribution in [2.75, 3.05) is 13.2 Å². The van der Waals surface area contributed by atoms with Gasteiger partial charge in [-0.25, -0.2) is 4.79 Å². The first-order valence-electron chi connectivity index (χ1n) is 29.6. The Morgan fingerprint density at radius 1 is 0.453 bits per heavy atom. The molecule has 0 saturated carbocycles. The number of carboxylic acids is 1. The van der Waals surface area contributed by atoms with E-state index in [0.29, 0.717) is 19.3 Å². The molecule has 75 heavy (non-hydrogen) atoms. The normalized spacial score (nSPS) is 18.8. The van der Waals surface area contributed by atoms with E-state index >= 15 is 0 Å². The van der Waals surface area contributed by atoms with Crippen LogP contribution in [0.3, 0.4) is 0 Å². The van der Waals surface area contributed by atoms with Crippen LogP contribution in [0.25, 0.3) is 0 Å². The molecule has 1 heterocycles. The summed E-state index contributed by atoms with van der Waals surface area (Å²) in [5.41, 5.74) is 0. The number of carbonyl (C=O) groups excluding carboxylic acids is 3. The molecule has 0 aromatic rings. The van der Waals surface area contributed by atoms with Crippen LogP contribution in [0.4, 0.5) is 0 Å². The van der Waals surface area contributed by atoms with Crippen LogP contribution in [0.2, 0.25) is 0 Å². The van der Waals surface area contributed by atoms with Crippen LogP contribution < -0.4 is 0 Å². The zero-order chi connectivity index (χ0) is 54.7. The number of carboxylic acid groups (broad SMARTS) is 1. The molecule has 0 aromatic heterocycles. The Bertz CT molecular complexity index is 1630. The number of aliphatic carboxylic acids is 1. The minimum Gasteiger partial charge on any atom is -0.479 e. The van der Waals surface area contributed by atoms with Gasteiger partial charge < -0.3 is 39.0 Å². The van der Waals surface area contributed by atoms with Gasteiger partial charge in [0.15, 0.2) is 24.6 Å². The number of hydrogen-bond donors (Lipinski definition) is 3. The summed E-state index contributed by atoms with van der Waals surface area (Å²) in [5.74, 6) is -3.19. The third kappa shape index (κ3) is 40.8. The van der Waals surface area contributed by atoms with Gasteiger partial charge in [0, 0.05) is 19.3 Å². The lowest BCUT2D eigenvalue weighted by atomic mass is 9.98. The number of unbranched alkanes of at least 4 members (excludes halogenated alkanes) is 21. The van der Waals surface area contributed by atoms with Crippen molar-refractivity contribution in [1.29, 1.82) is 0 Å². The summed E-state index contributed by atoms with van der Waals surface area (Å²) in [6, 6.07) is 0. The average Bonchev–Trinajstić information content (AvgIpc) is 3.39. The minimum atomic E-state index is -1.91. The molecular formula is C63H104O12. The van der Waals surface area contributed by atoms with Gasteiger partial charge in [0.2, 0.25) is 0 Å². The van der Waals surface area contributed by atoms with Crippen LogP contribution in [0, 0.1) is 0 Å². The number of hydrogen-bond acceptors (Lipinski definition) is 11. The van der Waals surface area contributed by atoms with Gasteiger partial charge in [0.05, 0.1) is 6.61 Å². The van der Waals surface area contributed by atoms with Gasteiger partial charge in [-0.1, -0.05) is 189 Å². The maximum absolute atomic E-state index is 13.1. The van der Waals surface area contributed by atoms with Gasteiger partial charge >= 0.3 is 23.9 Å². The number of carbonyl (C=O) groups is 4. The predicted octanol–water partition coefficient (Wildman–Crippen LogP) is 15.1. The Labute approximate surface area is 454 Å². The molecule has 3 N–H and O–H groups in total. The highest BCUT2D eigenvalue weighted by molar-refractivity contribution is 5.74. The number of ether oxygens (including phenoxy) is 5. The zero-order valence-corrected chi connectivity index (χ0v) is 47.0. The first-order valence-corrected chi connectivity index (χ1v) is 29.6. The monoisotopic (exact) mass is 1050 g/mol. The van der Waals surface area contributed by atoms with E-state index in [2.05, 4.69) is 106 Å². The molecule has 428 valence electrons. The predicted molar refractivity (Wildman–Crippen MR) is 303 cm³/mol. The first-order chi connectivity index (χ1) is 36.6. The molecule has 0 aliphatic carbocycles.